The Morgan fingerprint density at radius 1 is 1.33 bits per heavy atom. The predicted molar refractivity (Wildman–Crippen MR) is 85.3 cm³/mol. The maximum absolute atomic E-state index is 12.0. The molecule has 0 heterocycles. The number of aliphatic imine (C=N–C) groups is 1. The SMILES string of the molecule is CC#CCNC(N)=NCc1ccc(OC(F)(F)F)cc1.I. The van der Waals surface area contributed by atoms with E-state index in [1.807, 2.05) is 0 Å². The lowest BCUT2D eigenvalue weighted by Crippen LogP contribution is -2.31. The minimum Gasteiger partial charge on any atom is -0.406 e. The average Bonchev–Trinajstić information content (AvgIpc) is 2.36. The fourth-order valence-corrected chi connectivity index (χ4v) is 1.25. The van der Waals surface area contributed by atoms with Crippen molar-refractivity contribution in [2.45, 2.75) is 19.8 Å². The zero-order valence-corrected chi connectivity index (χ0v) is 13.5. The van der Waals surface area contributed by atoms with Gasteiger partial charge in [0, 0.05) is 0 Å². The van der Waals surface area contributed by atoms with Gasteiger partial charge in [-0.3, -0.25) is 0 Å². The third-order valence-electron chi connectivity index (χ3n) is 2.12. The number of hydrogen-bond donors (Lipinski definition) is 2. The average molecular weight is 413 g/mol. The van der Waals surface area contributed by atoms with Gasteiger partial charge < -0.3 is 15.8 Å². The number of halogens is 4. The molecule has 0 bridgehead atoms. The van der Waals surface area contributed by atoms with Gasteiger partial charge in [-0.1, -0.05) is 18.1 Å². The van der Waals surface area contributed by atoms with E-state index in [1.54, 1.807) is 6.92 Å². The standard InChI is InChI=1S/C13H14F3N3O.HI/c1-2-3-8-18-12(17)19-9-10-4-6-11(7-5-10)20-13(14,15)16;/h4-7H,8-9H2,1H3,(H3,17,18,19);1H. The lowest BCUT2D eigenvalue weighted by atomic mass is 10.2. The number of nitrogens with two attached hydrogens (primary N) is 1. The van der Waals surface area contributed by atoms with Gasteiger partial charge in [-0.2, -0.15) is 0 Å². The van der Waals surface area contributed by atoms with Crippen LogP contribution in [0.5, 0.6) is 5.75 Å². The Bertz CT molecular complexity index is 518. The van der Waals surface area contributed by atoms with Crippen molar-refractivity contribution in [1.29, 1.82) is 0 Å². The molecule has 0 unspecified atom stereocenters. The molecule has 0 aliphatic rings. The van der Waals surface area contributed by atoms with Gasteiger partial charge in [0.05, 0.1) is 13.1 Å². The Hall–Kier alpha value is -1.63. The Labute approximate surface area is 138 Å². The van der Waals surface area contributed by atoms with Crippen LogP contribution in [-0.2, 0) is 6.54 Å². The van der Waals surface area contributed by atoms with E-state index in [4.69, 9.17) is 5.73 Å². The second kappa shape index (κ2) is 9.33. The van der Waals surface area contributed by atoms with E-state index < -0.39 is 6.36 Å². The number of nitrogens with zero attached hydrogens (tertiary/aromatic N) is 1. The number of nitrogens with one attached hydrogen (secondary N) is 1. The number of alkyl halides is 3. The first-order valence-corrected chi connectivity index (χ1v) is 5.69. The molecular formula is C13H15F3IN3O. The minimum absolute atomic E-state index is 0. The summed E-state index contributed by atoms with van der Waals surface area (Å²) in [6, 6.07) is 5.43. The molecule has 0 fully saturated rings. The Kier molecular flexibility index (Phi) is 8.61. The quantitative estimate of drug-likeness (QED) is 0.346. The van der Waals surface area contributed by atoms with Gasteiger partial charge in [-0.25, -0.2) is 4.99 Å². The van der Waals surface area contributed by atoms with Crippen LogP contribution < -0.4 is 15.8 Å². The molecule has 3 N–H and O–H groups in total. The van der Waals surface area contributed by atoms with Crippen LogP contribution in [-0.4, -0.2) is 18.9 Å². The summed E-state index contributed by atoms with van der Waals surface area (Å²) in [7, 11) is 0. The zero-order chi connectivity index (χ0) is 15.0. The molecule has 1 rings (SSSR count). The van der Waals surface area contributed by atoms with E-state index in [0.717, 1.165) is 0 Å². The Morgan fingerprint density at radius 3 is 2.48 bits per heavy atom. The van der Waals surface area contributed by atoms with Crippen molar-refractivity contribution < 1.29 is 17.9 Å². The maximum Gasteiger partial charge on any atom is 0.573 e. The van der Waals surface area contributed by atoms with Gasteiger partial charge >= 0.3 is 6.36 Å². The van der Waals surface area contributed by atoms with Crippen LogP contribution in [0.25, 0.3) is 0 Å². The number of hydrogen-bond acceptors (Lipinski definition) is 2. The van der Waals surface area contributed by atoms with Crippen LogP contribution >= 0.6 is 24.0 Å². The first-order valence-electron chi connectivity index (χ1n) is 5.69. The van der Waals surface area contributed by atoms with E-state index in [9.17, 15) is 13.2 Å². The fraction of sp³-hybridized carbons (Fsp3) is 0.308. The first kappa shape index (κ1) is 19.4. The molecule has 4 nitrogen and oxygen atoms in total. The van der Waals surface area contributed by atoms with Crippen molar-refractivity contribution in [3.63, 3.8) is 0 Å². The summed E-state index contributed by atoms with van der Waals surface area (Å²) >= 11 is 0. The van der Waals surface area contributed by atoms with Gasteiger partial charge in [0.2, 0.25) is 0 Å². The van der Waals surface area contributed by atoms with Crippen LogP contribution in [0, 0.1) is 11.8 Å². The molecule has 1 aromatic rings. The molecule has 116 valence electrons. The largest absolute Gasteiger partial charge is 0.573 e. The normalized spacial score (nSPS) is 11.0. The summed E-state index contributed by atoms with van der Waals surface area (Å²) in [5, 5.41) is 2.78. The van der Waals surface area contributed by atoms with E-state index in [1.165, 1.54) is 24.3 Å². The lowest BCUT2D eigenvalue weighted by molar-refractivity contribution is -0.274. The molecule has 21 heavy (non-hydrogen) atoms. The number of guanidine groups is 1. The molecule has 0 amide bonds. The summed E-state index contributed by atoms with van der Waals surface area (Å²) in [4.78, 5) is 4.02. The maximum atomic E-state index is 12.0. The van der Waals surface area contributed by atoms with Crippen molar-refractivity contribution in [2.24, 2.45) is 10.7 Å². The number of rotatable bonds is 4. The van der Waals surface area contributed by atoms with E-state index in [0.29, 0.717) is 12.1 Å². The van der Waals surface area contributed by atoms with Gasteiger partial charge in [-0.05, 0) is 24.6 Å². The van der Waals surface area contributed by atoms with E-state index >= 15 is 0 Å². The fourth-order valence-electron chi connectivity index (χ4n) is 1.25. The van der Waals surface area contributed by atoms with Crippen molar-refractivity contribution in [3.05, 3.63) is 29.8 Å². The van der Waals surface area contributed by atoms with E-state index in [2.05, 4.69) is 26.9 Å². The van der Waals surface area contributed by atoms with Crippen molar-refractivity contribution >= 4 is 29.9 Å². The smallest absolute Gasteiger partial charge is 0.406 e. The minimum atomic E-state index is -4.69. The molecule has 0 aliphatic heterocycles. The summed E-state index contributed by atoms with van der Waals surface area (Å²) in [5.74, 6) is 5.41. The lowest BCUT2D eigenvalue weighted by Gasteiger charge is -2.08. The molecular weight excluding hydrogens is 398 g/mol. The van der Waals surface area contributed by atoms with Crippen molar-refractivity contribution in [2.75, 3.05) is 6.54 Å². The highest BCUT2D eigenvalue weighted by Gasteiger charge is 2.30. The number of benzene rings is 1. The third-order valence-corrected chi connectivity index (χ3v) is 2.12. The summed E-state index contributed by atoms with van der Waals surface area (Å²) in [5.41, 5.74) is 6.29. The third kappa shape index (κ3) is 9.01. The molecule has 8 heteroatoms. The molecule has 0 aliphatic carbocycles. The molecule has 0 radical (unpaired) electrons. The summed E-state index contributed by atoms with van der Waals surface area (Å²) < 4.78 is 39.7. The van der Waals surface area contributed by atoms with Crippen LogP contribution in [0.15, 0.2) is 29.3 Å². The molecule has 0 atom stereocenters. The first-order chi connectivity index (χ1) is 9.40. The monoisotopic (exact) mass is 413 g/mol. The van der Waals surface area contributed by atoms with Crippen LogP contribution in [0.4, 0.5) is 13.2 Å². The highest BCUT2D eigenvalue weighted by Crippen LogP contribution is 2.22. The topological polar surface area (TPSA) is 59.6 Å². The number of ether oxygens (including phenoxy) is 1. The molecule has 0 saturated carbocycles. The van der Waals surface area contributed by atoms with Crippen molar-refractivity contribution in [3.8, 4) is 17.6 Å². The van der Waals surface area contributed by atoms with Gasteiger partial charge in [-0.15, -0.1) is 43.1 Å². The van der Waals surface area contributed by atoms with Crippen LogP contribution in [0.2, 0.25) is 0 Å². The van der Waals surface area contributed by atoms with Crippen LogP contribution in [0.1, 0.15) is 12.5 Å². The predicted octanol–water partition coefficient (Wildman–Crippen LogP) is 2.63. The van der Waals surface area contributed by atoms with Gasteiger partial charge in [0.1, 0.15) is 5.75 Å². The van der Waals surface area contributed by atoms with E-state index in [-0.39, 0.29) is 42.2 Å². The highest BCUT2D eigenvalue weighted by atomic mass is 127. The molecule has 1 aromatic carbocycles. The van der Waals surface area contributed by atoms with Gasteiger partial charge in [0.25, 0.3) is 0 Å². The Balaban J connectivity index is 0.00000400. The summed E-state index contributed by atoms with van der Waals surface area (Å²) in [6.07, 6.45) is -4.69. The summed E-state index contributed by atoms with van der Waals surface area (Å²) in [6.45, 7) is 2.36. The Morgan fingerprint density at radius 2 is 1.95 bits per heavy atom. The van der Waals surface area contributed by atoms with Crippen molar-refractivity contribution in [1.82, 2.24) is 5.32 Å². The van der Waals surface area contributed by atoms with Gasteiger partial charge in [0.15, 0.2) is 5.96 Å². The second-order valence-corrected chi connectivity index (χ2v) is 3.67. The van der Waals surface area contributed by atoms with Crippen LogP contribution in [0.3, 0.4) is 0 Å². The zero-order valence-electron chi connectivity index (χ0n) is 11.2. The molecule has 0 spiro atoms. The highest BCUT2D eigenvalue weighted by molar-refractivity contribution is 14.0. The molecule has 0 aromatic heterocycles. The molecule has 0 saturated heterocycles. The second-order valence-electron chi connectivity index (χ2n) is 3.67.